The quantitative estimate of drug-likeness (QED) is 0.0782. The molecule has 0 heterocycles. The van der Waals surface area contributed by atoms with Crippen molar-refractivity contribution in [3.05, 3.63) is 41.1 Å². The lowest BCUT2D eigenvalue weighted by Gasteiger charge is -2.50. The van der Waals surface area contributed by atoms with Gasteiger partial charge in [-0.3, -0.25) is 0 Å². The minimum absolute atomic E-state index is 0.588. The maximum Gasteiger partial charge on any atom is 0.646 e. The molecule has 1 aromatic rings. The van der Waals surface area contributed by atoms with Gasteiger partial charge in [0.15, 0.2) is 74.9 Å². The van der Waals surface area contributed by atoms with Gasteiger partial charge in [-0.2, -0.15) is 0 Å². The number of allylic oxidation sites excluding steroid dienone is 1. The van der Waals surface area contributed by atoms with Crippen LogP contribution in [0.3, 0.4) is 0 Å². The molecule has 0 atom stereocenters. The van der Waals surface area contributed by atoms with Crippen molar-refractivity contribution in [2.75, 3.05) is 0 Å². The van der Waals surface area contributed by atoms with Gasteiger partial charge in [0, 0.05) is 0 Å². The topological polar surface area (TPSA) is 111 Å². The van der Waals surface area contributed by atoms with Crippen molar-refractivity contribution in [1.82, 2.24) is 0 Å². The Morgan fingerprint density at radius 3 is 0.774 bits per heavy atom. The average Bonchev–Trinajstić information content (AvgIpc) is 2.86. The summed E-state index contributed by atoms with van der Waals surface area (Å²) in [6, 6.07) is 10.3. The molecule has 0 fully saturated rings. The van der Waals surface area contributed by atoms with E-state index in [1.54, 1.807) is 0 Å². The molecule has 12 nitrogen and oxygen atoms in total. The van der Waals surface area contributed by atoms with E-state index in [-0.39, 0.29) is 0 Å². The fourth-order valence-corrected chi connectivity index (χ4v) is 50.6. The molecule has 0 spiro atoms. The van der Waals surface area contributed by atoms with Gasteiger partial charge < -0.3 is 49.4 Å². The largest absolute Gasteiger partial charge is 0.646 e. The Hall–Kier alpha value is 1.30. The first-order chi connectivity index (χ1) is 27.0. The van der Waals surface area contributed by atoms with Crippen molar-refractivity contribution < 1.29 is 49.4 Å². The van der Waals surface area contributed by atoms with Crippen LogP contribution in [0, 0.1) is 0 Å². The van der Waals surface area contributed by atoms with Crippen LogP contribution in [0.5, 0.6) is 0 Å². The zero-order valence-corrected chi connectivity index (χ0v) is 57.6. The van der Waals surface area contributed by atoms with Gasteiger partial charge in [0.25, 0.3) is 0 Å². The molecule has 0 aromatic heterocycles. The predicted molar refractivity (Wildman–Crippen MR) is 291 cm³/mol. The summed E-state index contributed by atoms with van der Waals surface area (Å²) in [6.07, 6.45) is 2.75. The third-order valence-electron chi connectivity index (χ3n) is 6.57. The zero-order valence-electron chi connectivity index (χ0n) is 44.6. The molecule has 364 valence electrons. The molecule has 0 unspecified atom stereocenters. The van der Waals surface area contributed by atoms with E-state index < -0.39 is 111 Å². The van der Waals surface area contributed by atoms with Crippen molar-refractivity contribution in [1.29, 1.82) is 0 Å². The standard InChI is InChI=1S/C37H92O12Si13/c1-29-37(35-36-33-31-30-32-34-36)59(38-50(2,3)4,39-51(5,6)7)47-61(43-55(17,18)19,44-56(20,21)22)49-62(45-57(23,24)25,46-58(26,27)28)48-60(40-52(8,9)10,41-53(11,12)13)42-54(14,15)16/h30-35H,29H2,1-28H3. The Balaban J connectivity index is 4.96. The molecule has 0 bridgehead atoms. The van der Waals surface area contributed by atoms with Gasteiger partial charge in [0.2, 0.25) is 0 Å². The Bertz CT molecular complexity index is 1490. The first-order valence-corrected chi connectivity index (χ1v) is 59.5. The van der Waals surface area contributed by atoms with E-state index >= 15 is 0 Å². The summed E-state index contributed by atoms with van der Waals surface area (Å²) in [5.41, 5.74) is 1.01. The number of hydrogen-bond acceptors (Lipinski definition) is 12. The van der Waals surface area contributed by atoms with Gasteiger partial charge in [-0.25, -0.2) is 0 Å². The highest BCUT2D eigenvalue weighted by molar-refractivity contribution is 6.98. The van der Waals surface area contributed by atoms with E-state index in [1.807, 2.05) is 18.2 Å². The molecule has 0 amide bonds. The Morgan fingerprint density at radius 2 is 0.548 bits per heavy atom. The van der Waals surface area contributed by atoms with Crippen molar-refractivity contribution in [3.8, 4) is 0 Å². The predicted octanol–water partition coefficient (Wildman–Crippen LogP) is 13.0. The summed E-state index contributed by atoms with van der Waals surface area (Å²) in [7, 11) is -40.7. The molecule has 0 N–H and O–H groups in total. The van der Waals surface area contributed by atoms with Crippen molar-refractivity contribution in [3.63, 3.8) is 0 Å². The van der Waals surface area contributed by atoms with E-state index in [1.165, 1.54) is 0 Å². The van der Waals surface area contributed by atoms with Gasteiger partial charge in [-0.1, -0.05) is 43.3 Å². The molecular formula is C37H92O12Si13. The summed E-state index contributed by atoms with van der Waals surface area (Å²) in [5, 5.41) is 0.910. The molecule has 0 saturated carbocycles. The minimum Gasteiger partial charge on any atom is -0.414 e. The fourth-order valence-electron chi connectivity index (χ4n) is 5.69. The van der Waals surface area contributed by atoms with Crippen LogP contribution in [0.25, 0.3) is 6.08 Å². The summed E-state index contributed by atoms with van der Waals surface area (Å²) in [5.74, 6) is 0. The molecule has 0 aliphatic heterocycles. The third kappa shape index (κ3) is 25.6. The molecular weight excluding hydrogens is 1000 g/mol. The van der Waals surface area contributed by atoms with Gasteiger partial charge in [0.1, 0.15) is 0 Å². The monoisotopic (exact) mass is 1090 g/mol. The van der Waals surface area contributed by atoms with E-state index in [9.17, 15) is 0 Å². The van der Waals surface area contributed by atoms with Crippen LogP contribution in [-0.4, -0.2) is 111 Å². The van der Waals surface area contributed by atoms with Crippen molar-refractivity contribution in [2.24, 2.45) is 0 Å². The molecule has 0 radical (unpaired) electrons. The molecule has 1 rings (SSSR count). The SMILES string of the molecule is CCC(=Cc1ccccc1)[Si](O[Si](C)(C)C)(O[Si](C)(C)C)O[Si](O[Si](C)(C)C)(O[Si](C)(C)C)O[Si](O[Si](C)(C)C)(O[Si](C)(C)C)O[Si](O[Si](C)(C)C)(O[Si](C)(C)C)O[Si](C)(C)C. The minimum atomic E-state index is -4.65. The van der Waals surface area contributed by atoms with Gasteiger partial charge in [-0.05, 0) is 194 Å². The summed E-state index contributed by atoms with van der Waals surface area (Å²) in [6.45, 7) is 59.7. The first kappa shape index (κ1) is 61.3. The Labute approximate surface area is 394 Å². The van der Waals surface area contributed by atoms with E-state index in [0.29, 0.717) is 6.42 Å². The van der Waals surface area contributed by atoms with Crippen LogP contribution in [0.2, 0.25) is 177 Å². The van der Waals surface area contributed by atoms with Crippen LogP contribution in [0.1, 0.15) is 18.9 Å². The average molecular weight is 1090 g/mol. The smallest absolute Gasteiger partial charge is 0.414 e. The second-order valence-corrected chi connectivity index (χ2v) is 77.3. The van der Waals surface area contributed by atoms with Gasteiger partial charge in [0.05, 0.1) is 0 Å². The molecule has 0 aliphatic rings. The molecule has 0 saturated heterocycles. The molecule has 62 heavy (non-hydrogen) atoms. The number of hydrogen-bond donors (Lipinski definition) is 0. The lowest BCUT2D eigenvalue weighted by atomic mass is 10.2. The van der Waals surface area contributed by atoms with E-state index in [0.717, 1.165) is 10.8 Å². The van der Waals surface area contributed by atoms with E-state index in [4.69, 9.17) is 49.4 Å². The first-order valence-electron chi connectivity index (χ1n) is 22.2. The highest BCUT2D eigenvalue weighted by Crippen LogP contribution is 2.41. The van der Waals surface area contributed by atoms with E-state index in [2.05, 4.69) is 202 Å². The van der Waals surface area contributed by atoms with Crippen LogP contribution in [0.15, 0.2) is 35.5 Å². The van der Waals surface area contributed by atoms with Gasteiger partial charge >= 0.3 is 35.9 Å². The van der Waals surface area contributed by atoms with Gasteiger partial charge in [-0.15, -0.1) is 0 Å². The maximum absolute atomic E-state index is 7.94. The Kier molecular flexibility index (Phi) is 21.3. The highest BCUT2D eigenvalue weighted by Gasteiger charge is 2.72. The Morgan fingerprint density at radius 1 is 0.323 bits per heavy atom. The normalized spacial score (nSPS) is 15.7. The van der Waals surface area contributed by atoms with Crippen LogP contribution in [0.4, 0.5) is 0 Å². The van der Waals surface area contributed by atoms with Crippen molar-refractivity contribution in [2.45, 2.75) is 190 Å². The summed E-state index contributed by atoms with van der Waals surface area (Å²) < 4.78 is 90.0. The second-order valence-electron chi connectivity index (χ2n) is 24.7. The lowest BCUT2D eigenvalue weighted by Crippen LogP contribution is -2.76. The third-order valence-corrected chi connectivity index (χ3v) is 45.1. The molecule has 1 aromatic carbocycles. The molecule has 0 aliphatic carbocycles. The zero-order chi connectivity index (χ0) is 49.1. The summed E-state index contributed by atoms with van der Waals surface area (Å²) in [4.78, 5) is 0. The number of rotatable bonds is 27. The highest BCUT2D eigenvalue weighted by atomic mass is 28.6. The fraction of sp³-hybridized carbons (Fsp3) is 0.784. The summed E-state index contributed by atoms with van der Waals surface area (Å²) >= 11 is 0. The van der Waals surface area contributed by atoms with Crippen LogP contribution >= 0.6 is 0 Å². The van der Waals surface area contributed by atoms with Crippen molar-refractivity contribution >= 4 is 117 Å². The number of benzene rings is 1. The van der Waals surface area contributed by atoms with Crippen LogP contribution in [-0.2, 0) is 49.4 Å². The maximum atomic E-state index is 7.94. The molecule has 25 heteroatoms. The van der Waals surface area contributed by atoms with Crippen LogP contribution < -0.4 is 0 Å². The second kappa shape index (κ2) is 21.5. The lowest BCUT2D eigenvalue weighted by molar-refractivity contribution is 0.0249.